The summed E-state index contributed by atoms with van der Waals surface area (Å²) in [4.78, 5) is 24.9. The highest BCUT2D eigenvalue weighted by Crippen LogP contribution is 2.12. The Kier molecular flexibility index (Phi) is 6.05. The van der Waals surface area contributed by atoms with Crippen LogP contribution in [0.5, 0.6) is 5.75 Å². The smallest absolute Gasteiger partial charge is 0.403 e. The van der Waals surface area contributed by atoms with Crippen molar-refractivity contribution in [1.82, 2.24) is 10.3 Å². The Hall–Kier alpha value is -3.42. The second-order valence-electron chi connectivity index (χ2n) is 5.32. The highest BCUT2D eigenvalue weighted by atomic mass is 16.6. The fourth-order valence-corrected chi connectivity index (χ4v) is 1.86. The van der Waals surface area contributed by atoms with Crippen LogP contribution < -0.4 is 20.0 Å². The Morgan fingerprint density at radius 2 is 1.88 bits per heavy atom. The molecular formula is C17H20N5O3+. The quantitative estimate of drug-likeness (QED) is 0.504. The van der Waals surface area contributed by atoms with E-state index in [-0.39, 0.29) is 0 Å². The Balaban J connectivity index is 2.04. The molecule has 25 heavy (non-hydrogen) atoms. The van der Waals surface area contributed by atoms with Crippen molar-refractivity contribution in [3.63, 3.8) is 0 Å². The highest BCUT2D eigenvalue weighted by Gasteiger charge is 2.17. The first-order valence-electron chi connectivity index (χ1n) is 7.50. The highest BCUT2D eigenvalue weighted by molar-refractivity contribution is 5.90. The van der Waals surface area contributed by atoms with Gasteiger partial charge in [0.05, 0.1) is 0 Å². The number of hydrogen-bond acceptors (Lipinski definition) is 4. The van der Waals surface area contributed by atoms with E-state index >= 15 is 0 Å². The third kappa shape index (κ3) is 5.31. The maximum absolute atomic E-state index is 11.8. The molecule has 0 bridgehead atoms. The molecule has 3 amide bonds. The number of nitrogens with one attached hydrogen (secondary N) is 2. The molecule has 1 aromatic carbocycles. The van der Waals surface area contributed by atoms with Crippen LogP contribution in [0.25, 0.3) is 0 Å². The monoisotopic (exact) mass is 342 g/mol. The summed E-state index contributed by atoms with van der Waals surface area (Å²) in [5.41, 5.74) is 3.54. The zero-order chi connectivity index (χ0) is 18.2. The Morgan fingerprint density at radius 1 is 1.16 bits per heavy atom. The van der Waals surface area contributed by atoms with Crippen LogP contribution in [0.1, 0.15) is 5.69 Å². The van der Waals surface area contributed by atoms with Crippen LogP contribution in [0.3, 0.4) is 0 Å². The predicted octanol–water partition coefficient (Wildman–Crippen LogP) is 1.73. The summed E-state index contributed by atoms with van der Waals surface area (Å²) >= 11 is 0. The number of anilines is 1. The number of aryl methyl sites for hydroxylation is 1. The summed E-state index contributed by atoms with van der Waals surface area (Å²) in [6.07, 6.45) is 2.68. The van der Waals surface area contributed by atoms with Gasteiger partial charge in [0.2, 0.25) is 5.75 Å². The van der Waals surface area contributed by atoms with Crippen LogP contribution >= 0.6 is 0 Å². The second-order valence-corrected chi connectivity index (χ2v) is 5.32. The van der Waals surface area contributed by atoms with E-state index in [1.807, 2.05) is 18.2 Å². The minimum atomic E-state index is -0.504. The maximum atomic E-state index is 11.8. The summed E-state index contributed by atoms with van der Waals surface area (Å²) in [6, 6.07) is 11.9. The van der Waals surface area contributed by atoms with E-state index in [0.29, 0.717) is 17.1 Å². The van der Waals surface area contributed by atoms with Gasteiger partial charge in [-0.05, 0) is 18.2 Å². The Labute approximate surface area is 145 Å². The lowest BCUT2D eigenvalue weighted by molar-refractivity contribution is -0.672. The third-order valence-electron chi connectivity index (χ3n) is 3.14. The van der Waals surface area contributed by atoms with Gasteiger partial charge in [-0.25, -0.2) is 15.0 Å². The lowest BCUT2D eigenvalue weighted by Crippen LogP contribution is -2.35. The van der Waals surface area contributed by atoms with Gasteiger partial charge >= 0.3 is 12.1 Å². The number of nitrogens with zero attached hydrogens (tertiary/aromatic N) is 3. The fourth-order valence-electron chi connectivity index (χ4n) is 1.86. The molecule has 0 aliphatic carbocycles. The number of amides is 3. The van der Waals surface area contributed by atoms with Crippen molar-refractivity contribution in [2.24, 2.45) is 12.1 Å². The number of pyridine rings is 1. The lowest BCUT2D eigenvalue weighted by atomic mass is 10.3. The minimum absolute atomic E-state index is 0.331. The number of ether oxygens (including phenoxy) is 1. The number of carbonyl (C=O) groups is 2. The van der Waals surface area contributed by atoms with Crippen molar-refractivity contribution in [1.29, 1.82) is 0 Å². The normalized spacial score (nSPS) is 10.4. The summed E-state index contributed by atoms with van der Waals surface area (Å²) in [7, 11) is 4.96. The zero-order valence-electron chi connectivity index (χ0n) is 14.3. The van der Waals surface area contributed by atoms with Crippen molar-refractivity contribution in [3.05, 3.63) is 54.4 Å². The number of aromatic nitrogens is 1. The first kappa shape index (κ1) is 17.9. The lowest BCUT2D eigenvalue weighted by Gasteiger charge is -2.10. The number of para-hydroxylation sites is 1. The fraction of sp³-hybridized carbons (Fsp3) is 0.176. The molecule has 0 unspecified atom stereocenters. The molecule has 0 radical (unpaired) electrons. The number of carbonyl (C=O) groups excluding carboxylic acids is 2. The van der Waals surface area contributed by atoms with Gasteiger partial charge in [0.15, 0.2) is 6.20 Å². The molecule has 0 saturated carbocycles. The molecule has 0 atom stereocenters. The first-order chi connectivity index (χ1) is 12.0. The number of hydrogen-bond donors (Lipinski definition) is 2. The van der Waals surface area contributed by atoms with Gasteiger partial charge in [-0.3, -0.25) is 0 Å². The van der Waals surface area contributed by atoms with Gasteiger partial charge in [-0.1, -0.05) is 18.2 Å². The van der Waals surface area contributed by atoms with Crippen molar-refractivity contribution in [3.8, 4) is 5.75 Å². The van der Waals surface area contributed by atoms with E-state index in [1.54, 1.807) is 56.2 Å². The van der Waals surface area contributed by atoms with E-state index in [0.717, 1.165) is 0 Å². The molecule has 1 heterocycles. The average Bonchev–Trinajstić information content (AvgIpc) is 2.58. The molecule has 8 heteroatoms. The van der Waals surface area contributed by atoms with Crippen molar-refractivity contribution in [2.45, 2.75) is 0 Å². The van der Waals surface area contributed by atoms with Gasteiger partial charge in [0.25, 0.3) is 5.69 Å². The molecular weight excluding hydrogens is 322 g/mol. The molecule has 0 saturated heterocycles. The summed E-state index contributed by atoms with van der Waals surface area (Å²) in [5.74, 6) is 0.331. The number of rotatable bonds is 4. The summed E-state index contributed by atoms with van der Waals surface area (Å²) in [6.45, 7) is 0. The van der Waals surface area contributed by atoms with Crippen LogP contribution in [0.4, 0.5) is 15.3 Å². The van der Waals surface area contributed by atoms with Gasteiger partial charge < -0.3 is 15.0 Å². The molecule has 0 spiro atoms. The van der Waals surface area contributed by atoms with E-state index in [2.05, 4.69) is 15.8 Å². The second kappa shape index (κ2) is 8.44. The van der Waals surface area contributed by atoms with Crippen LogP contribution in [0.2, 0.25) is 0 Å². The van der Waals surface area contributed by atoms with Gasteiger partial charge in [0, 0.05) is 25.8 Å². The predicted molar refractivity (Wildman–Crippen MR) is 93.5 cm³/mol. The minimum Gasteiger partial charge on any atom is -0.403 e. The number of urea groups is 1. The van der Waals surface area contributed by atoms with Gasteiger partial charge in [-0.15, -0.1) is 0 Å². The largest absolute Gasteiger partial charge is 0.414 e. The molecule has 2 rings (SSSR count). The van der Waals surface area contributed by atoms with Crippen LogP contribution in [-0.2, 0) is 7.05 Å². The SMILES string of the molecule is CN(C)C(=O)Oc1ccc[n+](C)c1/C=N/NC(=O)Nc1ccccc1. The van der Waals surface area contributed by atoms with Crippen LogP contribution in [-0.4, -0.2) is 37.3 Å². The number of benzene rings is 1. The molecule has 0 aliphatic rings. The standard InChI is InChI=1S/C17H19N5O3/c1-21(2)17(24)25-15-10-7-11-22(3)14(15)12-18-20-16(23)19-13-8-5-4-6-9-13/h4-12H,1-3H3,(H,19,23)/p+1. The Morgan fingerprint density at radius 3 is 2.56 bits per heavy atom. The van der Waals surface area contributed by atoms with E-state index in [4.69, 9.17) is 4.74 Å². The van der Waals surface area contributed by atoms with Gasteiger partial charge in [0.1, 0.15) is 13.3 Å². The van der Waals surface area contributed by atoms with Crippen molar-refractivity contribution >= 4 is 24.0 Å². The maximum Gasteiger partial charge on any atom is 0.414 e. The number of hydrazone groups is 1. The zero-order valence-corrected chi connectivity index (χ0v) is 14.3. The van der Waals surface area contributed by atoms with Crippen molar-refractivity contribution < 1.29 is 18.9 Å². The molecule has 130 valence electrons. The molecule has 2 aromatic rings. The topological polar surface area (TPSA) is 86.9 Å². The van der Waals surface area contributed by atoms with E-state index in [9.17, 15) is 9.59 Å². The Bertz CT molecular complexity index is 775. The van der Waals surface area contributed by atoms with E-state index in [1.165, 1.54) is 11.1 Å². The summed E-state index contributed by atoms with van der Waals surface area (Å²) in [5, 5.41) is 6.54. The third-order valence-corrected chi connectivity index (χ3v) is 3.14. The van der Waals surface area contributed by atoms with Gasteiger partial charge in [-0.2, -0.15) is 9.67 Å². The van der Waals surface area contributed by atoms with Crippen LogP contribution in [0.15, 0.2) is 53.8 Å². The molecule has 1 aromatic heterocycles. The molecule has 8 nitrogen and oxygen atoms in total. The van der Waals surface area contributed by atoms with E-state index < -0.39 is 12.1 Å². The van der Waals surface area contributed by atoms with Crippen LogP contribution in [0, 0.1) is 0 Å². The summed E-state index contributed by atoms with van der Waals surface area (Å²) < 4.78 is 7.01. The average molecular weight is 342 g/mol. The molecule has 0 aliphatic heterocycles. The molecule has 0 fully saturated rings. The first-order valence-corrected chi connectivity index (χ1v) is 7.50. The molecule has 2 N–H and O–H groups in total. The van der Waals surface area contributed by atoms with Crippen molar-refractivity contribution in [2.75, 3.05) is 19.4 Å².